The van der Waals surface area contributed by atoms with E-state index in [1.807, 2.05) is 0 Å². The van der Waals surface area contributed by atoms with Gasteiger partial charge in [0.05, 0.1) is 6.61 Å². The Hall–Kier alpha value is -1.88. The number of carbonyl (C=O) groups is 2. The van der Waals surface area contributed by atoms with Gasteiger partial charge in [-0.3, -0.25) is 9.59 Å². The number of rotatable bonds is 30. The molecule has 0 unspecified atom stereocenters. The standard InChI is InChI=1S/C36H64O5/c1-3-5-7-9-11-13-15-16-17-18-19-20-21-23-24-26-28-30-35(38)40-33-34(32-37)41-36(39)31-29-27-25-22-14-12-10-8-6-4-2/h11,13,16-17,19-20,34,37H,3-10,12,14-15,18,21-33H2,1-2H3/b13-11+,17-16+,20-19+/t34-/m0/s1. The molecule has 0 aromatic rings. The van der Waals surface area contributed by atoms with E-state index in [-0.39, 0.29) is 25.2 Å². The molecular weight excluding hydrogens is 512 g/mol. The zero-order valence-electron chi connectivity index (χ0n) is 26.8. The molecule has 0 aliphatic carbocycles. The second-order valence-corrected chi connectivity index (χ2v) is 11.2. The van der Waals surface area contributed by atoms with E-state index in [0.717, 1.165) is 64.2 Å². The summed E-state index contributed by atoms with van der Waals surface area (Å²) in [5.41, 5.74) is 0. The lowest BCUT2D eigenvalue weighted by Gasteiger charge is -2.15. The molecule has 41 heavy (non-hydrogen) atoms. The Morgan fingerprint density at radius 2 is 0.976 bits per heavy atom. The lowest BCUT2D eigenvalue weighted by molar-refractivity contribution is -0.161. The van der Waals surface area contributed by atoms with Gasteiger partial charge < -0.3 is 14.6 Å². The normalized spacial score (nSPS) is 12.6. The lowest BCUT2D eigenvalue weighted by atomic mass is 10.1. The van der Waals surface area contributed by atoms with Crippen molar-refractivity contribution in [3.63, 3.8) is 0 Å². The van der Waals surface area contributed by atoms with Gasteiger partial charge in [0, 0.05) is 12.8 Å². The van der Waals surface area contributed by atoms with Crippen LogP contribution in [0.15, 0.2) is 36.5 Å². The van der Waals surface area contributed by atoms with Crippen LogP contribution >= 0.6 is 0 Å². The topological polar surface area (TPSA) is 72.8 Å². The molecule has 5 heteroatoms. The summed E-state index contributed by atoms with van der Waals surface area (Å²) >= 11 is 0. The van der Waals surface area contributed by atoms with Crippen molar-refractivity contribution in [1.82, 2.24) is 0 Å². The second-order valence-electron chi connectivity index (χ2n) is 11.2. The van der Waals surface area contributed by atoms with Gasteiger partial charge in [0.25, 0.3) is 0 Å². The predicted molar refractivity (Wildman–Crippen MR) is 173 cm³/mol. The number of hydrogen-bond donors (Lipinski definition) is 1. The van der Waals surface area contributed by atoms with Gasteiger partial charge in [0.15, 0.2) is 6.10 Å². The Morgan fingerprint density at radius 3 is 1.51 bits per heavy atom. The van der Waals surface area contributed by atoms with Crippen molar-refractivity contribution in [3.8, 4) is 0 Å². The van der Waals surface area contributed by atoms with Crippen LogP contribution in [0, 0.1) is 0 Å². The monoisotopic (exact) mass is 576 g/mol. The van der Waals surface area contributed by atoms with Crippen LogP contribution in [-0.2, 0) is 19.1 Å². The second kappa shape index (κ2) is 32.6. The molecule has 0 bridgehead atoms. The minimum atomic E-state index is -0.775. The Kier molecular flexibility index (Phi) is 31.1. The first-order valence-corrected chi connectivity index (χ1v) is 17.0. The fourth-order valence-electron chi connectivity index (χ4n) is 4.56. The van der Waals surface area contributed by atoms with Crippen LogP contribution in [0.4, 0.5) is 0 Å². The minimum absolute atomic E-state index is 0.0758. The van der Waals surface area contributed by atoms with Crippen molar-refractivity contribution in [1.29, 1.82) is 0 Å². The summed E-state index contributed by atoms with van der Waals surface area (Å²) in [4.78, 5) is 24.1. The summed E-state index contributed by atoms with van der Waals surface area (Å²) in [6.45, 7) is 4.06. The van der Waals surface area contributed by atoms with Crippen molar-refractivity contribution in [2.45, 2.75) is 168 Å². The van der Waals surface area contributed by atoms with Gasteiger partial charge in [-0.05, 0) is 51.4 Å². The third-order valence-electron chi connectivity index (χ3n) is 7.19. The summed E-state index contributed by atoms with van der Waals surface area (Å²) in [5.74, 6) is -0.619. The number of allylic oxidation sites excluding steroid dienone is 6. The van der Waals surface area contributed by atoms with Crippen LogP contribution in [0.25, 0.3) is 0 Å². The summed E-state index contributed by atoms with van der Waals surface area (Å²) < 4.78 is 10.5. The average molecular weight is 577 g/mol. The van der Waals surface area contributed by atoms with E-state index >= 15 is 0 Å². The Bertz CT molecular complexity index is 667. The van der Waals surface area contributed by atoms with Crippen LogP contribution in [0.3, 0.4) is 0 Å². The molecule has 1 N–H and O–H groups in total. The quantitative estimate of drug-likeness (QED) is 0.0523. The van der Waals surface area contributed by atoms with E-state index in [2.05, 4.69) is 50.3 Å². The third kappa shape index (κ3) is 30.9. The van der Waals surface area contributed by atoms with E-state index in [1.54, 1.807) is 0 Å². The predicted octanol–water partition coefficient (Wildman–Crippen LogP) is 10.1. The number of aliphatic hydroxyl groups excluding tert-OH is 1. The Morgan fingerprint density at radius 1 is 0.561 bits per heavy atom. The first-order chi connectivity index (χ1) is 20.1. The molecule has 0 spiro atoms. The number of carbonyl (C=O) groups excluding carboxylic acids is 2. The Balaban J connectivity index is 3.63. The zero-order chi connectivity index (χ0) is 30.1. The highest BCUT2D eigenvalue weighted by Crippen LogP contribution is 2.12. The highest BCUT2D eigenvalue weighted by Gasteiger charge is 2.16. The van der Waals surface area contributed by atoms with Crippen molar-refractivity contribution in [3.05, 3.63) is 36.5 Å². The van der Waals surface area contributed by atoms with Gasteiger partial charge in [0.1, 0.15) is 6.61 Å². The zero-order valence-corrected chi connectivity index (χ0v) is 26.8. The molecule has 0 saturated heterocycles. The van der Waals surface area contributed by atoms with Gasteiger partial charge >= 0.3 is 11.9 Å². The van der Waals surface area contributed by atoms with Crippen LogP contribution in [0.1, 0.15) is 162 Å². The molecule has 0 aromatic heterocycles. The molecule has 0 radical (unpaired) electrons. The number of ether oxygens (including phenoxy) is 2. The molecule has 238 valence electrons. The molecule has 0 aliphatic rings. The number of esters is 2. The van der Waals surface area contributed by atoms with E-state index in [4.69, 9.17) is 9.47 Å². The number of aliphatic hydroxyl groups is 1. The molecule has 0 aliphatic heterocycles. The van der Waals surface area contributed by atoms with Crippen molar-refractivity contribution in [2.75, 3.05) is 13.2 Å². The number of unbranched alkanes of at least 4 members (excludes halogenated alkanes) is 16. The van der Waals surface area contributed by atoms with Crippen LogP contribution in [0.5, 0.6) is 0 Å². The van der Waals surface area contributed by atoms with E-state index < -0.39 is 6.10 Å². The summed E-state index contributed by atoms with van der Waals surface area (Å²) in [5, 5.41) is 9.49. The van der Waals surface area contributed by atoms with Crippen molar-refractivity contribution < 1.29 is 24.2 Å². The SMILES string of the molecule is CCCCC/C=C/C/C=C/C/C=C/CCCCCCC(=O)OC[C@H](CO)OC(=O)CCCCCCCCCCCC. The molecule has 1 atom stereocenters. The maximum atomic E-state index is 12.1. The molecule has 5 nitrogen and oxygen atoms in total. The summed E-state index contributed by atoms with van der Waals surface area (Å²) in [6.07, 6.45) is 37.7. The van der Waals surface area contributed by atoms with Gasteiger partial charge in [-0.2, -0.15) is 0 Å². The van der Waals surface area contributed by atoms with Crippen molar-refractivity contribution >= 4 is 11.9 Å². The molecule has 0 fully saturated rings. The van der Waals surface area contributed by atoms with Crippen molar-refractivity contribution in [2.24, 2.45) is 0 Å². The molecular formula is C36H64O5. The lowest BCUT2D eigenvalue weighted by Crippen LogP contribution is -2.28. The van der Waals surface area contributed by atoms with Crippen LogP contribution < -0.4 is 0 Å². The first kappa shape index (κ1) is 39.1. The minimum Gasteiger partial charge on any atom is -0.462 e. The van der Waals surface area contributed by atoms with E-state index in [0.29, 0.717) is 12.8 Å². The maximum Gasteiger partial charge on any atom is 0.306 e. The summed E-state index contributed by atoms with van der Waals surface area (Å²) in [7, 11) is 0. The fourth-order valence-corrected chi connectivity index (χ4v) is 4.56. The van der Waals surface area contributed by atoms with Crippen LogP contribution in [-0.4, -0.2) is 36.4 Å². The largest absolute Gasteiger partial charge is 0.462 e. The molecule has 0 rings (SSSR count). The molecule has 0 saturated carbocycles. The van der Waals surface area contributed by atoms with E-state index in [9.17, 15) is 14.7 Å². The summed E-state index contributed by atoms with van der Waals surface area (Å²) in [6, 6.07) is 0. The highest BCUT2D eigenvalue weighted by molar-refractivity contribution is 5.70. The highest BCUT2D eigenvalue weighted by atomic mass is 16.6. The molecule has 0 aromatic carbocycles. The number of hydrogen-bond acceptors (Lipinski definition) is 5. The fraction of sp³-hybridized carbons (Fsp3) is 0.778. The van der Waals surface area contributed by atoms with Gasteiger partial charge in [-0.25, -0.2) is 0 Å². The van der Waals surface area contributed by atoms with Gasteiger partial charge in [0.2, 0.25) is 0 Å². The van der Waals surface area contributed by atoms with Gasteiger partial charge in [-0.1, -0.05) is 134 Å². The van der Waals surface area contributed by atoms with Crippen LogP contribution in [0.2, 0.25) is 0 Å². The average Bonchev–Trinajstić information content (AvgIpc) is 2.97. The molecule has 0 amide bonds. The molecule has 0 heterocycles. The smallest absolute Gasteiger partial charge is 0.306 e. The third-order valence-corrected chi connectivity index (χ3v) is 7.19. The Labute approximate surface area is 253 Å². The van der Waals surface area contributed by atoms with E-state index in [1.165, 1.54) is 70.6 Å². The van der Waals surface area contributed by atoms with Gasteiger partial charge in [-0.15, -0.1) is 0 Å². The maximum absolute atomic E-state index is 12.1. The first-order valence-electron chi connectivity index (χ1n) is 17.0.